The van der Waals surface area contributed by atoms with Crippen molar-refractivity contribution in [2.24, 2.45) is 0 Å². The van der Waals surface area contributed by atoms with E-state index in [0.717, 1.165) is 89.9 Å². The average Bonchev–Trinajstić information content (AvgIpc) is 3.48. The van der Waals surface area contributed by atoms with E-state index in [9.17, 15) is 14.4 Å². The SMILES string of the molecule is CC/C=C\C/C=C\C/C=C\C/C=C\C/C=C\C/C=C\C/C=C\CCCC(=O)OC(COC(=O)CCCCCCCCCCCCC)COC(=O)CCCCCCCCCCCCCCCCCCCCC/C=C\CCCCCCCCCC. The fraction of sp³-hybridized carbons (Fsp3) is 0.753. The number of hydrogen-bond donors (Lipinski definition) is 0. The first-order valence-electron chi connectivity index (χ1n) is 35.7. The lowest BCUT2D eigenvalue weighted by Gasteiger charge is -2.18. The van der Waals surface area contributed by atoms with Crippen LogP contribution in [0.1, 0.15) is 355 Å². The van der Waals surface area contributed by atoms with Crippen molar-refractivity contribution in [3.05, 3.63) is 97.2 Å². The normalized spacial score (nSPS) is 12.7. The van der Waals surface area contributed by atoms with Crippen LogP contribution in [0.2, 0.25) is 0 Å². The van der Waals surface area contributed by atoms with Gasteiger partial charge in [-0.3, -0.25) is 14.4 Å². The molecule has 1 unspecified atom stereocenters. The smallest absolute Gasteiger partial charge is 0.306 e. The van der Waals surface area contributed by atoms with Crippen LogP contribution in [-0.4, -0.2) is 37.2 Å². The average molecular weight is 1160 g/mol. The molecule has 0 spiro atoms. The molecule has 0 aromatic carbocycles. The molecule has 0 aliphatic carbocycles. The number of ether oxygens (including phenoxy) is 3. The maximum Gasteiger partial charge on any atom is 0.306 e. The topological polar surface area (TPSA) is 78.9 Å². The first-order chi connectivity index (χ1) is 41.0. The molecule has 0 fully saturated rings. The third kappa shape index (κ3) is 69.0. The Balaban J connectivity index is 4.24. The summed E-state index contributed by atoms with van der Waals surface area (Å²) in [6, 6.07) is 0. The largest absolute Gasteiger partial charge is 0.462 e. The molecule has 6 nitrogen and oxygen atoms in total. The maximum absolute atomic E-state index is 12.9. The molecule has 1 atom stereocenters. The Morgan fingerprint density at radius 1 is 0.253 bits per heavy atom. The van der Waals surface area contributed by atoms with Crippen LogP contribution >= 0.6 is 0 Å². The van der Waals surface area contributed by atoms with Crippen LogP contribution < -0.4 is 0 Å². The van der Waals surface area contributed by atoms with Crippen LogP contribution in [0.15, 0.2) is 97.2 Å². The van der Waals surface area contributed by atoms with Gasteiger partial charge in [-0.15, -0.1) is 0 Å². The molecule has 0 N–H and O–H groups in total. The van der Waals surface area contributed by atoms with E-state index in [-0.39, 0.29) is 37.5 Å². The number of unbranched alkanes of at least 4 members (excludes halogenated alkanes) is 38. The van der Waals surface area contributed by atoms with Gasteiger partial charge in [-0.2, -0.15) is 0 Å². The highest BCUT2D eigenvalue weighted by molar-refractivity contribution is 5.71. The highest BCUT2D eigenvalue weighted by Gasteiger charge is 2.19. The number of hydrogen-bond acceptors (Lipinski definition) is 6. The van der Waals surface area contributed by atoms with Crippen LogP contribution in [0, 0.1) is 0 Å². The molecule has 6 heteroatoms. The number of esters is 3. The summed E-state index contributed by atoms with van der Waals surface area (Å²) in [7, 11) is 0. The van der Waals surface area contributed by atoms with Gasteiger partial charge in [-0.25, -0.2) is 0 Å². The lowest BCUT2D eigenvalue weighted by atomic mass is 10.0. The third-order valence-electron chi connectivity index (χ3n) is 15.6. The molecule has 0 rings (SSSR count). The van der Waals surface area contributed by atoms with Gasteiger partial charge in [-0.05, 0) is 96.3 Å². The zero-order chi connectivity index (χ0) is 59.9. The Bertz CT molecular complexity index is 1610. The van der Waals surface area contributed by atoms with Gasteiger partial charge in [0.05, 0.1) is 0 Å². The van der Waals surface area contributed by atoms with Crippen LogP contribution in [0.5, 0.6) is 0 Å². The molecule has 0 saturated heterocycles. The fourth-order valence-electron chi connectivity index (χ4n) is 10.3. The van der Waals surface area contributed by atoms with Crippen molar-refractivity contribution in [2.75, 3.05) is 13.2 Å². The summed E-state index contributed by atoms with van der Waals surface area (Å²) in [4.78, 5) is 38.3. The number of carbonyl (C=O) groups excluding carboxylic acids is 3. The lowest BCUT2D eigenvalue weighted by Crippen LogP contribution is -2.30. The van der Waals surface area contributed by atoms with Gasteiger partial charge in [-0.1, -0.05) is 336 Å². The minimum atomic E-state index is -0.807. The summed E-state index contributed by atoms with van der Waals surface area (Å²) in [6.07, 6.45) is 96.0. The second kappa shape index (κ2) is 70.8. The van der Waals surface area contributed by atoms with Gasteiger partial charge in [0.2, 0.25) is 0 Å². The van der Waals surface area contributed by atoms with Gasteiger partial charge in [0.25, 0.3) is 0 Å². The Morgan fingerprint density at radius 3 is 0.783 bits per heavy atom. The minimum absolute atomic E-state index is 0.0970. The Kier molecular flexibility index (Phi) is 67.7. The quantitative estimate of drug-likeness (QED) is 0.0261. The molecular weight excluding hydrogens is 1020 g/mol. The van der Waals surface area contributed by atoms with E-state index >= 15 is 0 Å². The molecule has 83 heavy (non-hydrogen) atoms. The Labute approximate surface area is 515 Å². The summed E-state index contributed by atoms with van der Waals surface area (Å²) < 4.78 is 16.9. The highest BCUT2D eigenvalue weighted by atomic mass is 16.6. The molecule has 0 heterocycles. The van der Waals surface area contributed by atoms with Gasteiger partial charge in [0.1, 0.15) is 13.2 Å². The second-order valence-electron chi connectivity index (χ2n) is 23.8. The van der Waals surface area contributed by atoms with Crippen molar-refractivity contribution in [3.8, 4) is 0 Å². The fourth-order valence-corrected chi connectivity index (χ4v) is 10.3. The molecule has 0 aliphatic heterocycles. The molecule has 0 bridgehead atoms. The van der Waals surface area contributed by atoms with Crippen LogP contribution in [-0.2, 0) is 28.6 Å². The molecular formula is C77H134O6. The zero-order valence-electron chi connectivity index (χ0n) is 54.9. The summed E-state index contributed by atoms with van der Waals surface area (Å²) >= 11 is 0. The van der Waals surface area contributed by atoms with Crippen molar-refractivity contribution >= 4 is 17.9 Å². The summed E-state index contributed by atoms with van der Waals surface area (Å²) in [5, 5.41) is 0. The van der Waals surface area contributed by atoms with Gasteiger partial charge >= 0.3 is 17.9 Å². The van der Waals surface area contributed by atoms with Crippen LogP contribution in [0.4, 0.5) is 0 Å². The predicted molar refractivity (Wildman–Crippen MR) is 362 cm³/mol. The number of carbonyl (C=O) groups is 3. The van der Waals surface area contributed by atoms with Crippen molar-refractivity contribution in [2.45, 2.75) is 361 Å². The molecule has 0 aromatic rings. The Morgan fingerprint density at radius 2 is 0.482 bits per heavy atom. The maximum atomic E-state index is 12.9. The van der Waals surface area contributed by atoms with Crippen LogP contribution in [0.3, 0.4) is 0 Å². The van der Waals surface area contributed by atoms with Crippen molar-refractivity contribution in [1.29, 1.82) is 0 Å². The summed E-state index contributed by atoms with van der Waals surface area (Å²) in [5.74, 6) is -0.943. The minimum Gasteiger partial charge on any atom is -0.462 e. The lowest BCUT2D eigenvalue weighted by molar-refractivity contribution is -0.167. The van der Waals surface area contributed by atoms with Crippen molar-refractivity contribution in [1.82, 2.24) is 0 Å². The Hall–Kier alpha value is -3.67. The van der Waals surface area contributed by atoms with Crippen molar-refractivity contribution in [3.63, 3.8) is 0 Å². The van der Waals surface area contributed by atoms with E-state index in [0.29, 0.717) is 19.3 Å². The molecule has 0 saturated carbocycles. The van der Waals surface area contributed by atoms with Gasteiger partial charge < -0.3 is 14.2 Å². The first-order valence-corrected chi connectivity index (χ1v) is 35.7. The molecule has 0 amide bonds. The van der Waals surface area contributed by atoms with E-state index in [1.165, 1.54) is 218 Å². The summed E-state index contributed by atoms with van der Waals surface area (Å²) in [6.45, 7) is 6.51. The van der Waals surface area contributed by atoms with Gasteiger partial charge in [0.15, 0.2) is 6.10 Å². The van der Waals surface area contributed by atoms with Gasteiger partial charge in [0, 0.05) is 19.3 Å². The van der Waals surface area contributed by atoms with E-state index in [4.69, 9.17) is 14.2 Å². The van der Waals surface area contributed by atoms with Crippen molar-refractivity contribution < 1.29 is 28.6 Å². The van der Waals surface area contributed by atoms with E-state index in [1.54, 1.807) is 0 Å². The second-order valence-corrected chi connectivity index (χ2v) is 23.8. The van der Waals surface area contributed by atoms with Crippen LogP contribution in [0.25, 0.3) is 0 Å². The standard InChI is InChI=1S/C77H134O6/c1-4-7-10-13-16-19-22-24-26-28-30-32-34-35-36-37-38-39-40-41-43-44-46-48-50-52-55-58-61-64-67-70-76(79)82-73-74(72-81-75(78)69-66-63-60-57-54-21-18-15-12-9-6-3)83-77(80)71-68-65-62-59-56-53-51-49-47-45-42-33-31-29-27-25-23-20-17-14-11-8-5-2/h8,11,17,20,25,27-28,30-31,33,45,47,51,53,59,62,74H,4-7,9-10,12-16,18-19,21-24,26,29,32,34-44,46,48-50,52,54-58,60-61,63-73H2,1-3H3/b11-8-,20-17-,27-25-,30-28-,33-31-,47-45-,53-51-,62-59-. The number of allylic oxidation sites excluding steroid dienone is 16. The van der Waals surface area contributed by atoms with E-state index in [2.05, 4.69) is 118 Å². The van der Waals surface area contributed by atoms with E-state index < -0.39 is 6.10 Å². The molecule has 0 aliphatic rings. The summed E-state index contributed by atoms with van der Waals surface area (Å²) in [5.41, 5.74) is 0. The monoisotopic (exact) mass is 1160 g/mol. The predicted octanol–water partition coefficient (Wildman–Crippen LogP) is 24.8. The number of rotatable bonds is 65. The zero-order valence-corrected chi connectivity index (χ0v) is 54.9. The van der Waals surface area contributed by atoms with E-state index in [1.807, 2.05) is 0 Å². The third-order valence-corrected chi connectivity index (χ3v) is 15.6. The molecule has 0 aromatic heterocycles. The first kappa shape index (κ1) is 79.3. The molecule has 0 radical (unpaired) electrons. The highest BCUT2D eigenvalue weighted by Crippen LogP contribution is 2.18. The molecule has 478 valence electrons.